The van der Waals surface area contributed by atoms with Gasteiger partial charge in [0.25, 0.3) is 0 Å². The summed E-state index contributed by atoms with van der Waals surface area (Å²) in [5, 5.41) is 15.3. The SMILES string of the molecule is O=C(Nc1ccc2nc(Cc3ccccc3F)[nH]c2c1)C1CC(O)CN1. The quantitative estimate of drug-likeness (QED) is 0.577. The van der Waals surface area contributed by atoms with Crippen molar-refractivity contribution >= 4 is 22.6 Å². The fraction of sp³-hybridized carbons (Fsp3) is 0.263. The van der Waals surface area contributed by atoms with Crippen LogP contribution < -0.4 is 10.6 Å². The average Bonchev–Trinajstić information content (AvgIpc) is 3.22. The number of carbonyl (C=O) groups is 1. The summed E-state index contributed by atoms with van der Waals surface area (Å²) in [6, 6.07) is 11.6. The highest BCUT2D eigenvalue weighted by molar-refractivity contribution is 5.96. The van der Waals surface area contributed by atoms with E-state index in [1.807, 2.05) is 6.07 Å². The zero-order valence-electron chi connectivity index (χ0n) is 14.0. The molecular weight excluding hydrogens is 335 g/mol. The molecule has 134 valence electrons. The number of β-amino-alcohol motifs (C(OH)–C–C–N with tert-alkyl or cyclic N) is 1. The number of halogens is 1. The lowest BCUT2D eigenvalue weighted by Gasteiger charge is -2.10. The van der Waals surface area contributed by atoms with Gasteiger partial charge in [0.1, 0.15) is 11.6 Å². The van der Waals surface area contributed by atoms with Crippen LogP contribution >= 0.6 is 0 Å². The van der Waals surface area contributed by atoms with Crippen LogP contribution in [0.3, 0.4) is 0 Å². The van der Waals surface area contributed by atoms with Gasteiger partial charge in [-0.25, -0.2) is 9.37 Å². The molecule has 0 radical (unpaired) electrons. The van der Waals surface area contributed by atoms with E-state index in [0.717, 1.165) is 11.0 Å². The van der Waals surface area contributed by atoms with Crippen LogP contribution in [0.25, 0.3) is 11.0 Å². The third-order valence-corrected chi connectivity index (χ3v) is 4.54. The maximum Gasteiger partial charge on any atom is 0.241 e. The van der Waals surface area contributed by atoms with Crippen molar-refractivity contribution in [1.29, 1.82) is 0 Å². The van der Waals surface area contributed by atoms with E-state index in [1.165, 1.54) is 6.07 Å². The minimum atomic E-state index is -0.484. The number of aliphatic hydroxyl groups excluding tert-OH is 1. The summed E-state index contributed by atoms with van der Waals surface area (Å²) < 4.78 is 13.8. The van der Waals surface area contributed by atoms with Crippen molar-refractivity contribution in [2.75, 3.05) is 11.9 Å². The fourth-order valence-electron chi connectivity index (χ4n) is 3.19. The molecule has 6 nitrogen and oxygen atoms in total. The van der Waals surface area contributed by atoms with Gasteiger partial charge in [0.2, 0.25) is 5.91 Å². The summed E-state index contributed by atoms with van der Waals surface area (Å²) in [5.74, 6) is 0.230. The predicted octanol–water partition coefficient (Wildman–Crippen LogP) is 1.95. The van der Waals surface area contributed by atoms with Crippen molar-refractivity contribution in [3.63, 3.8) is 0 Å². The molecule has 3 aromatic rings. The van der Waals surface area contributed by atoms with E-state index in [1.54, 1.807) is 30.3 Å². The number of fused-ring (bicyclic) bond motifs is 1. The molecule has 1 saturated heterocycles. The predicted molar refractivity (Wildman–Crippen MR) is 96.3 cm³/mol. The summed E-state index contributed by atoms with van der Waals surface area (Å²) in [6.07, 6.45) is 0.291. The summed E-state index contributed by atoms with van der Waals surface area (Å²) in [7, 11) is 0. The van der Waals surface area contributed by atoms with Crippen molar-refractivity contribution < 1.29 is 14.3 Å². The van der Waals surface area contributed by atoms with Gasteiger partial charge in [-0.15, -0.1) is 0 Å². The molecule has 1 amide bonds. The molecule has 0 bridgehead atoms. The number of aromatic nitrogens is 2. The molecule has 0 aliphatic carbocycles. The van der Waals surface area contributed by atoms with Gasteiger partial charge in [0, 0.05) is 18.7 Å². The monoisotopic (exact) mass is 354 g/mol. The summed E-state index contributed by atoms with van der Waals surface area (Å²) in [5.41, 5.74) is 2.75. The number of benzene rings is 2. The molecule has 26 heavy (non-hydrogen) atoms. The minimum absolute atomic E-state index is 0.174. The molecule has 2 atom stereocenters. The van der Waals surface area contributed by atoms with Crippen LogP contribution in [-0.4, -0.2) is 39.7 Å². The molecular formula is C19H19FN4O2. The Kier molecular flexibility index (Phi) is 4.40. The third-order valence-electron chi connectivity index (χ3n) is 4.54. The molecule has 4 N–H and O–H groups in total. The van der Waals surface area contributed by atoms with Gasteiger partial charge in [-0.05, 0) is 36.2 Å². The van der Waals surface area contributed by atoms with Gasteiger partial charge in [0.15, 0.2) is 0 Å². The summed E-state index contributed by atoms with van der Waals surface area (Å²) in [6.45, 7) is 0.428. The van der Waals surface area contributed by atoms with E-state index in [0.29, 0.717) is 36.5 Å². The Labute approximate surface area is 149 Å². The average molecular weight is 354 g/mol. The molecule has 7 heteroatoms. The first-order chi connectivity index (χ1) is 12.6. The number of hydrogen-bond acceptors (Lipinski definition) is 4. The first-order valence-electron chi connectivity index (χ1n) is 8.53. The molecule has 0 spiro atoms. The lowest BCUT2D eigenvalue weighted by molar-refractivity contribution is -0.117. The number of rotatable bonds is 4. The second kappa shape index (κ2) is 6.86. The molecule has 2 unspecified atom stereocenters. The van der Waals surface area contributed by atoms with Crippen molar-refractivity contribution in [1.82, 2.24) is 15.3 Å². The van der Waals surface area contributed by atoms with Crippen molar-refractivity contribution in [3.8, 4) is 0 Å². The Morgan fingerprint density at radius 1 is 1.31 bits per heavy atom. The molecule has 0 saturated carbocycles. The lowest BCUT2D eigenvalue weighted by atomic mass is 10.1. The number of amides is 1. The molecule has 4 rings (SSSR count). The Balaban J connectivity index is 1.50. The van der Waals surface area contributed by atoms with Crippen LogP contribution in [0.2, 0.25) is 0 Å². The van der Waals surface area contributed by atoms with Crippen LogP contribution in [0.4, 0.5) is 10.1 Å². The van der Waals surface area contributed by atoms with Gasteiger partial charge >= 0.3 is 0 Å². The van der Waals surface area contributed by atoms with Crippen LogP contribution in [0, 0.1) is 5.82 Å². The number of carbonyl (C=O) groups excluding carboxylic acids is 1. The molecule has 1 aromatic heterocycles. The van der Waals surface area contributed by atoms with Gasteiger partial charge < -0.3 is 20.7 Å². The number of anilines is 1. The largest absolute Gasteiger partial charge is 0.392 e. The summed E-state index contributed by atoms with van der Waals surface area (Å²) in [4.78, 5) is 19.9. The topological polar surface area (TPSA) is 90.0 Å². The van der Waals surface area contributed by atoms with Crippen LogP contribution in [0.5, 0.6) is 0 Å². The highest BCUT2D eigenvalue weighted by Gasteiger charge is 2.28. The van der Waals surface area contributed by atoms with Crippen molar-refractivity contribution in [2.45, 2.75) is 25.0 Å². The molecule has 2 heterocycles. The Morgan fingerprint density at radius 3 is 2.92 bits per heavy atom. The van der Waals surface area contributed by atoms with E-state index in [9.17, 15) is 14.3 Å². The van der Waals surface area contributed by atoms with E-state index in [4.69, 9.17) is 0 Å². The van der Waals surface area contributed by atoms with Crippen LogP contribution in [0.1, 0.15) is 17.8 Å². The minimum Gasteiger partial charge on any atom is -0.392 e. The number of hydrogen-bond donors (Lipinski definition) is 4. The standard InChI is InChI=1S/C19H19FN4O2/c20-14-4-2-1-3-11(14)7-18-23-15-6-5-12(8-16(15)24-18)22-19(26)17-9-13(25)10-21-17/h1-6,8,13,17,21,25H,7,9-10H2,(H,22,26)(H,23,24). The number of imidazole rings is 1. The molecule has 1 fully saturated rings. The highest BCUT2D eigenvalue weighted by atomic mass is 19.1. The number of nitrogens with zero attached hydrogens (tertiary/aromatic N) is 1. The van der Waals surface area contributed by atoms with Crippen LogP contribution in [0.15, 0.2) is 42.5 Å². The van der Waals surface area contributed by atoms with Gasteiger partial charge in [0.05, 0.1) is 23.2 Å². The van der Waals surface area contributed by atoms with Gasteiger partial charge in [-0.1, -0.05) is 18.2 Å². The number of H-pyrrole nitrogens is 1. The first-order valence-corrected chi connectivity index (χ1v) is 8.53. The van der Waals surface area contributed by atoms with Gasteiger partial charge in [-0.3, -0.25) is 4.79 Å². The molecule has 1 aliphatic rings. The Bertz CT molecular complexity index is 956. The van der Waals surface area contributed by atoms with E-state index in [2.05, 4.69) is 20.6 Å². The zero-order chi connectivity index (χ0) is 18.1. The Hall–Kier alpha value is -2.77. The maximum atomic E-state index is 13.8. The van der Waals surface area contributed by atoms with E-state index in [-0.39, 0.29) is 17.8 Å². The highest BCUT2D eigenvalue weighted by Crippen LogP contribution is 2.20. The van der Waals surface area contributed by atoms with Gasteiger partial charge in [-0.2, -0.15) is 0 Å². The molecule has 2 aromatic carbocycles. The number of aromatic amines is 1. The molecule has 1 aliphatic heterocycles. The maximum absolute atomic E-state index is 13.8. The van der Waals surface area contributed by atoms with Crippen molar-refractivity contribution in [3.05, 3.63) is 59.7 Å². The Morgan fingerprint density at radius 2 is 2.15 bits per heavy atom. The summed E-state index contributed by atoms with van der Waals surface area (Å²) >= 11 is 0. The van der Waals surface area contributed by atoms with Crippen LogP contribution in [-0.2, 0) is 11.2 Å². The normalized spacial score (nSPS) is 19.8. The second-order valence-corrected chi connectivity index (χ2v) is 6.52. The number of aliphatic hydroxyl groups is 1. The van der Waals surface area contributed by atoms with E-state index >= 15 is 0 Å². The van der Waals surface area contributed by atoms with E-state index < -0.39 is 6.10 Å². The smallest absolute Gasteiger partial charge is 0.241 e. The fourth-order valence-corrected chi connectivity index (χ4v) is 3.19. The first kappa shape index (κ1) is 16.7. The zero-order valence-corrected chi connectivity index (χ0v) is 14.0. The third kappa shape index (κ3) is 3.44. The van der Waals surface area contributed by atoms with Crippen molar-refractivity contribution in [2.24, 2.45) is 0 Å². The second-order valence-electron chi connectivity index (χ2n) is 6.52. The lowest BCUT2D eigenvalue weighted by Crippen LogP contribution is -2.35. The number of nitrogens with one attached hydrogen (secondary N) is 3.